The van der Waals surface area contributed by atoms with Crippen LogP contribution in [-0.4, -0.2) is 27.7 Å². The second kappa shape index (κ2) is 7.35. The summed E-state index contributed by atoms with van der Waals surface area (Å²) >= 11 is 0. The number of carbonyl (C=O) groups is 1. The molecule has 0 fully saturated rings. The molecule has 8 heteroatoms. The predicted molar refractivity (Wildman–Crippen MR) is 96.7 cm³/mol. The summed E-state index contributed by atoms with van der Waals surface area (Å²) in [5.74, 6) is 2.38. The van der Waals surface area contributed by atoms with Crippen molar-refractivity contribution in [3.05, 3.63) is 45.1 Å². The molecule has 8 nitrogen and oxygen atoms in total. The van der Waals surface area contributed by atoms with Crippen LogP contribution in [0.4, 0.5) is 0 Å². The van der Waals surface area contributed by atoms with Crippen molar-refractivity contribution in [3.63, 3.8) is 0 Å². The number of benzene rings is 1. The summed E-state index contributed by atoms with van der Waals surface area (Å²) in [7, 11) is 0. The maximum absolute atomic E-state index is 12.1. The maximum atomic E-state index is 12.1. The third kappa shape index (κ3) is 3.88. The number of para-hydroxylation sites is 1. The molecule has 1 aromatic carbocycles. The van der Waals surface area contributed by atoms with E-state index in [0.29, 0.717) is 36.7 Å². The zero-order valence-electron chi connectivity index (χ0n) is 14.2. The van der Waals surface area contributed by atoms with Crippen molar-refractivity contribution >= 4 is 16.8 Å². The molecule has 1 aliphatic heterocycles. The van der Waals surface area contributed by atoms with Crippen LogP contribution in [0.5, 0.6) is 0 Å². The molecule has 0 aliphatic carbocycles. The molecule has 26 heavy (non-hydrogen) atoms. The molecule has 2 N–H and O–H groups in total. The fraction of sp³-hybridized carbons (Fsp3) is 0.389. The van der Waals surface area contributed by atoms with E-state index >= 15 is 0 Å². The standard InChI is InChI=1S/C18H19N5O3/c1-2-3-9-18(21-22-18)10-11-19-15(24)8-12-23-14-7-5-4-6-13(14)16(25)20-17(23)26/h1,4-7H,3,8-12H2,(H,19,24)(H,20,25,26). The number of fused-ring (bicyclic) bond motifs is 1. The summed E-state index contributed by atoms with van der Waals surface area (Å²) in [5.41, 5.74) is -0.866. The molecule has 2 aromatic rings. The van der Waals surface area contributed by atoms with Crippen molar-refractivity contribution in [2.24, 2.45) is 10.2 Å². The van der Waals surface area contributed by atoms with Crippen molar-refractivity contribution in [2.45, 2.75) is 37.9 Å². The highest BCUT2D eigenvalue weighted by molar-refractivity contribution is 5.78. The van der Waals surface area contributed by atoms with Gasteiger partial charge < -0.3 is 5.32 Å². The number of amides is 1. The van der Waals surface area contributed by atoms with Gasteiger partial charge in [-0.15, -0.1) is 12.3 Å². The first-order valence-electron chi connectivity index (χ1n) is 8.41. The van der Waals surface area contributed by atoms with E-state index in [1.165, 1.54) is 4.57 Å². The third-order valence-corrected chi connectivity index (χ3v) is 4.37. The lowest BCUT2D eigenvalue weighted by atomic mass is 10.0. The van der Waals surface area contributed by atoms with Gasteiger partial charge in [-0.1, -0.05) is 12.1 Å². The minimum absolute atomic E-state index is 0.127. The largest absolute Gasteiger partial charge is 0.356 e. The highest BCUT2D eigenvalue weighted by atomic mass is 16.2. The highest BCUT2D eigenvalue weighted by Crippen LogP contribution is 2.35. The highest BCUT2D eigenvalue weighted by Gasteiger charge is 2.38. The summed E-state index contributed by atoms with van der Waals surface area (Å²) in [6, 6.07) is 6.80. The molecule has 1 aromatic heterocycles. The first-order chi connectivity index (χ1) is 12.5. The van der Waals surface area contributed by atoms with Gasteiger partial charge in [-0.25, -0.2) is 4.79 Å². The Morgan fingerprint density at radius 3 is 2.77 bits per heavy atom. The summed E-state index contributed by atoms with van der Waals surface area (Å²) in [6.07, 6.45) is 7.28. The van der Waals surface area contributed by atoms with Crippen LogP contribution < -0.4 is 16.6 Å². The number of nitrogens with zero attached hydrogens (tertiary/aromatic N) is 3. The van der Waals surface area contributed by atoms with Gasteiger partial charge in [0.25, 0.3) is 5.56 Å². The Bertz CT molecular complexity index is 1010. The number of terminal acetylenes is 1. The van der Waals surface area contributed by atoms with Crippen molar-refractivity contribution in [1.29, 1.82) is 0 Å². The van der Waals surface area contributed by atoms with E-state index < -0.39 is 16.9 Å². The van der Waals surface area contributed by atoms with Crippen LogP contribution in [0.25, 0.3) is 10.9 Å². The molecule has 0 saturated heterocycles. The predicted octanol–water partition coefficient (Wildman–Crippen LogP) is 1.16. The normalized spacial score (nSPS) is 14.1. The molecule has 0 unspecified atom stereocenters. The smallest absolute Gasteiger partial charge is 0.328 e. The summed E-state index contributed by atoms with van der Waals surface area (Å²) < 4.78 is 1.40. The molecule has 0 radical (unpaired) electrons. The molecule has 134 valence electrons. The van der Waals surface area contributed by atoms with Gasteiger partial charge in [0.2, 0.25) is 5.91 Å². The Balaban J connectivity index is 1.56. The molecule has 3 rings (SSSR count). The molecule has 0 spiro atoms. The van der Waals surface area contributed by atoms with Crippen molar-refractivity contribution in [3.8, 4) is 12.3 Å². The average Bonchev–Trinajstić information content (AvgIpc) is 3.40. The number of carbonyl (C=O) groups excluding carboxylic acids is 1. The van der Waals surface area contributed by atoms with Crippen LogP contribution in [0, 0.1) is 12.3 Å². The SMILES string of the molecule is C#CCCC1(CCNC(=O)CCn2c(=O)[nH]c(=O)c3ccccc32)N=N1. The van der Waals surface area contributed by atoms with E-state index in [9.17, 15) is 14.4 Å². The van der Waals surface area contributed by atoms with Crippen LogP contribution >= 0.6 is 0 Å². The van der Waals surface area contributed by atoms with Gasteiger partial charge >= 0.3 is 5.69 Å². The molecule has 1 aliphatic rings. The Labute approximate surface area is 149 Å². The van der Waals surface area contributed by atoms with E-state index in [1.54, 1.807) is 24.3 Å². The van der Waals surface area contributed by atoms with E-state index in [0.717, 1.165) is 0 Å². The second-order valence-corrected chi connectivity index (χ2v) is 6.16. The van der Waals surface area contributed by atoms with Gasteiger partial charge in [0.15, 0.2) is 5.66 Å². The summed E-state index contributed by atoms with van der Waals surface area (Å²) in [6.45, 7) is 0.622. The third-order valence-electron chi connectivity index (χ3n) is 4.37. The number of aromatic nitrogens is 2. The molecule has 2 heterocycles. The van der Waals surface area contributed by atoms with Crippen LogP contribution in [-0.2, 0) is 11.3 Å². The van der Waals surface area contributed by atoms with Crippen LogP contribution in [0.1, 0.15) is 25.7 Å². The van der Waals surface area contributed by atoms with E-state index in [4.69, 9.17) is 6.42 Å². The van der Waals surface area contributed by atoms with Crippen LogP contribution in [0.3, 0.4) is 0 Å². The van der Waals surface area contributed by atoms with Crippen LogP contribution in [0.2, 0.25) is 0 Å². The van der Waals surface area contributed by atoms with Crippen molar-refractivity contribution in [2.75, 3.05) is 6.54 Å². The number of hydrogen-bond acceptors (Lipinski definition) is 5. The zero-order valence-corrected chi connectivity index (χ0v) is 14.2. The molecular formula is C18H19N5O3. The van der Waals surface area contributed by atoms with Gasteiger partial charge in [0.05, 0.1) is 10.9 Å². The van der Waals surface area contributed by atoms with Crippen molar-refractivity contribution in [1.82, 2.24) is 14.9 Å². The Hall–Kier alpha value is -3.21. The Morgan fingerprint density at radius 1 is 1.27 bits per heavy atom. The molecule has 0 saturated carbocycles. The van der Waals surface area contributed by atoms with E-state index in [1.807, 2.05) is 0 Å². The van der Waals surface area contributed by atoms with Crippen LogP contribution in [0.15, 0.2) is 44.1 Å². The molecule has 0 atom stereocenters. The average molecular weight is 353 g/mol. The number of rotatable bonds is 8. The minimum Gasteiger partial charge on any atom is -0.356 e. The summed E-state index contributed by atoms with van der Waals surface area (Å²) in [4.78, 5) is 38.2. The monoisotopic (exact) mass is 353 g/mol. The summed E-state index contributed by atoms with van der Waals surface area (Å²) in [5, 5.41) is 11.3. The van der Waals surface area contributed by atoms with Gasteiger partial charge in [-0.05, 0) is 12.1 Å². The van der Waals surface area contributed by atoms with Gasteiger partial charge in [-0.3, -0.25) is 19.1 Å². The lowest BCUT2D eigenvalue weighted by Gasteiger charge is -2.11. The number of H-pyrrole nitrogens is 1. The Morgan fingerprint density at radius 2 is 2.04 bits per heavy atom. The quantitative estimate of drug-likeness (QED) is 0.695. The second-order valence-electron chi connectivity index (χ2n) is 6.16. The van der Waals surface area contributed by atoms with Crippen molar-refractivity contribution < 1.29 is 4.79 Å². The van der Waals surface area contributed by atoms with E-state index in [-0.39, 0.29) is 18.9 Å². The fourth-order valence-electron chi connectivity index (χ4n) is 2.84. The topological polar surface area (TPSA) is 109 Å². The number of aryl methyl sites for hydroxylation is 1. The molecule has 1 amide bonds. The number of hydrogen-bond donors (Lipinski definition) is 2. The first kappa shape index (κ1) is 17.6. The van der Waals surface area contributed by atoms with Gasteiger partial charge in [0, 0.05) is 38.8 Å². The Kier molecular flexibility index (Phi) is 4.98. The fourth-order valence-corrected chi connectivity index (χ4v) is 2.84. The molecule has 0 bridgehead atoms. The lowest BCUT2D eigenvalue weighted by Crippen LogP contribution is -2.33. The van der Waals surface area contributed by atoms with E-state index in [2.05, 4.69) is 26.4 Å². The molecular weight excluding hydrogens is 334 g/mol. The minimum atomic E-state index is -0.523. The van der Waals surface area contributed by atoms with Gasteiger partial charge in [0.1, 0.15) is 0 Å². The van der Waals surface area contributed by atoms with Gasteiger partial charge in [-0.2, -0.15) is 10.2 Å². The zero-order chi connectivity index (χ0) is 18.6. The first-order valence-corrected chi connectivity index (χ1v) is 8.41. The number of nitrogens with one attached hydrogen (secondary N) is 2. The number of aromatic amines is 1. The lowest BCUT2D eigenvalue weighted by molar-refractivity contribution is -0.121. The maximum Gasteiger partial charge on any atom is 0.328 e.